The second-order valence-electron chi connectivity index (χ2n) is 4.35. The van der Waals surface area contributed by atoms with Gasteiger partial charge in [0.2, 0.25) is 10.0 Å². The molecule has 0 fully saturated rings. The lowest BCUT2D eigenvalue weighted by molar-refractivity contribution is 0.314. The second-order valence-corrected chi connectivity index (χ2v) is 6.52. The van der Waals surface area contributed by atoms with E-state index in [9.17, 15) is 8.42 Å². The molecule has 0 aromatic heterocycles. The maximum absolute atomic E-state index is 12.0. The maximum Gasteiger partial charge on any atom is 0.240 e. The molecule has 0 aliphatic rings. The summed E-state index contributed by atoms with van der Waals surface area (Å²) in [6, 6.07) is 4.36. The number of nitrogens with two attached hydrogens (primary N) is 1. The van der Waals surface area contributed by atoms with Crippen molar-refractivity contribution in [2.24, 2.45) is 0 Å². The summed E-state index contributed by atoms with van der Waals surface area (Å²) in [5.41, 5.74) is 5.90. The molecule has 0 spiro atoms. The first-order valence-corrected chi connectivity index (χ1v) is 7.31. The molecule has 18 heavy (non-hydrogen) atoms. The summed E-state index contributed by atoms with van der Waals surface area (Å²) in [5.74, 6) is 0. The second kappa shape index (κ2) is 5.88. The van der Waals surface area contributed by atoms with Gasteiger partial charge in [0.1, 0.15) is 0 Å². The van der Waals surface area contributed by atoms with Crippen LogP contribution in [0.15, 0.2) is 23.1 Å². The van der Waals surface area contributed by atoms with Crippen LogP contribution in [0.5, 0.6) is 0 Å². The average Bonchev–Trinajstić information content (AvgIpc) is 2.29. The first kappa shape index (κ1) is 15.2. The molecular weight excluding hydrogens is 274 g/mol. The minimum Gasteiger partial charge on any atom is -0.398 e. The van der Waals surface area contributed by atoms with E-state index in [1.165, 1.54) is 18.2 Å². The maximum atomic E-state index is 12.0. The van der Waals surface area contributed by atoms with E-state index in [-0.39, 0.29) is 16.0 Å². The van der Waals surface area contributed by atoms with Crippen molar-refractivity contribution in [1.29, 1.82) is 0 Å². The summed E-state index contributed by atoms with van der Waals surface area (Å²) in [6.07, 6.45) is 0. The van der Waals surface area contributed by atoms with Crippen molar-refractivity contribution in [1.82, 2.24) is 9.62 Å². The first-order valence-electron chi connectivity index (χ1n) is 5.45. The standard InChI is InChI=1S/C11H18ClN3O2S/c1-8(15(2)3)7-14-18(16,17)9-4-5-11(13)10(12)6-9/h4-6,8,14H,7,13H2,1-3H3. The number of sulfonamides is 1. The Morgan fingerprint density at radius 2 is 2.06 bits per heavy atom. The van der Waals surface area contributed by atoms with Gasteiger partial charge in [-0.2, -0.15) is 0 Å². The van der Waals surface area contributed by atoms with Gasteiger partial charge < -0.3 is 10.6 Å². The van der Waals surface area contributed by atoms with Crippen LogP contribution in [-0.2, 0) is 10.0 Å². The highest BCUT2D eigenvalue weighted by atomic mass is 35.5. The molecule has 1 aromatic rings. The van der Waals surface area contributed by atoms with Crippen LogP contribution in [-0.4, -0.2) is 40.0 Å². The molecule has 0 aliphatic carbocycles. The molecule has 0 amide bonds. The number of hydrogen-bond acceptors (Lipinski definition) is 4. The van der Waals surface area contributed by atoms with Gasteiger partial charge >= 0.3 is 0 Å². The Labute approximate surface area is 113 Å². The summed E-state index contributed by atoms with van der Waals surface area (Å²) >= 11 is 5.81. The lowest BCUT2D eigenvalue weighted by Crippen LogP contribution is -2.38. The number of nitrogens with one attached hydrogen (secondary N) is 1. The number of anilines is 1. The van der Waals surface area contributed by atoms with Gasteiger partial charge in [-0.3, -0.25) is 0 Å². The number of rotatable bonds is 5. The molecule has 1 atom stereocenters. The Morgan fingerprint density at radius 3 is 2.56 bits per heavy atom. The third kappa shape index (κ3) is 3.84. The van der Waals surface area contributed by atoms with Crippen LogP contribution in [0.25, 0.3) is 0 Å². The van der Waals surface area contributed by atoms with Crippen molar-refractivity contribution >= 4 is 27.3 Å². The van der Waals surface area contributed by atoms with Crippen molar-refractivity contribution < 1.29 is 8.42 Å². The topological polar surface area (TPSA) is 75.4 Å². The fraction of sp³-hybridized carbons (Fsp3) is 0.455. The number of nitrogens with zero attached hydrogens (tertiary/aromatic N) is 1. The normalized spacial score (nSPS) is 13.8. The van der Waals surface area contributed by atoms with E-state index in [1.807, 2.05) is 25.9 Å². The van der Waals surface area contributed by atoms with Crippen molar-refractivity contribution in [3.63, 3.8) is 0 Å². The molecule has 1 rings (SSSR count). The average molecular weight is 292 g/mol. The summed E-state index contributed by atoms with van der Waals surface area (Å²) in [6.45, 7) is 2.26. The number of benzene rings is 1. The summed E-state index contributed by atoms with van der Waals surface area (Å²) < 4.78 is 26.5. The van der Waals surface area contributed by atoms with Gasteiger partial charge in [0.05, 0.1) is 15.6 Å². The number of halogens is 1. The van der Waals surface area contributed by atoms with Gasteiger partial charge in [-0.1, -0.05) is 11.6 Å². The minimum atomic E-state index is -3.54. The molecule has 1 unspecified atom stereocenters. The number of hydrogen-bond donors (Lipinski definition) is 2. The Morgan fingerprint density at radius 1 is 1.44 bits per heavy atom. The van der Waals surface area contributed by atoms with Crippen LogP contribution < -0.4 is 10.5 Å². The summed E-state index contributed by atoms with van der Waals surface area (Å²) in [5, 5.41) is 0.235. The third-order valence-corrected chi connectivity index (χ3v) is 4.48. The quantitative estimate of drug-likeness (QED) is 0.798. The van der Waals surface area contributed by atoms with E-state index >= 15 is 0 Å². The van der Waals surface area contributed by atoms with Crippen molar-refractivity contribution in [2.75, 3.05) is 26.4 Å². The monoisotopic (exact) mass is 291 g/mol. The molecule has 0 saturated heterocycles. The highest BCUT2D eigenvalue weighted by Crippen LogP contribution is 2.22. The first-order chi connectivity index (χ1) is 8.24. The Bertz CT molecular complexity index is 517. The van der Waals surface area contributed by atoms with Crippen LogP contribution in [0, 0.1) is 0 Å². The highest BCUT2D eigenvalue weighted by molar-refractivity contribution is 7.89. The van der Waals surface area contributed by atoms with E-state index in [2.05, 4.69) is 4.72 Å². The Kier molecular flexibility index (Phi) is 4.98. The molecule has 102 valence electrons. The van der Waals surface area contributed by atoms with Crippen LogP contribution in [0.3, 0.4) is 0 Å². The molecule has 7 heteroatoms. The largest absolute Gasteiger partial charge is 0.398 e. The van der Waals surface area contributed by atoms with Crippen molar-refractivity contribution in [2.45, 2.75) is 17.9 Å². The van der Waals surface area contributed by atoms with E-state index in [0.717, 1.165) is 0 Å². The molecule has 1 aromatic carbocycles. The molecule has 0 saturated carbocycles. The Balaban J connectivity index is 2.83. The zero-order chi connectivity index (χ0) is 13.9. The SMILES string of the molecule is CC(CNS(=O)(=O)c1ccc(N)c(Cl)c1)N(C)C. The van der Waals surface area contributed by atoms with E-state index in [0.29, 0.717) is 12.2 Å². The van der Waals surface area contributed by atoms with Gasteiger partial charge in [-0.15, -0.1) is 0 Å². The van der Waals surface area contributed by atoms with Gasteiger partial charge in [0.15, 0.2) is 0 Å². The van der Waals surface area contributed by atoms with Crippen molar-refractivity contribution in [3.05, 3.63) is 23.2 Å². The van der Waals surface area contributed by atoms with Gasteiger partial charge in [-0.25, -0.2) is 13.1 Å². The molecule has 0 radical (unpaired) electrons. The van der Waals surface area contributed by atoms with Crippen molar-refractivity contribution in [3.8, 4) is 0 Å². The smallest absolute Gasteiger partial charge is 0.240 e. The fourth-order valence-corrected chi connectivity index (χ4v) is 2.56. The molecular formula is C11H18ClN3O2S. The van der Waals surface area contributed by atoms with Gasteiger partial charge in [0, 0.05) is 12.6 Å². The van der Waals surface area contributed by atoms with Crippen LogP contribution >= 0.6 is 11.6 Å². The Hall–Kier alpha value is -0.820. The van der Waals surface area contributed by atoms with Crippen LogP contribution in [0.4, 0.5) is 5.69 Å². The van der Waals surface area contributed by atoms with Gasteiger partial charge in [0.25, 0.3) is 0 Å². The molecule has 3 N–H and O–H groups in total. The molecule has 0 aliphatic heterocycles. The fourth-order valence-electron chi connectivity index (χ4n) is 1.17. The van der Waals surface area contributed by atoms with Crippen LogP contribution in [0.2, 0.25) is 5.02 Å². The predicted molar refractivity (Wildman–Crippen MR) is 74.2 cm³/mol. The molecule has 5 nitrogen and oxygen atoms in total. The number of likely N-dealkylation sites (N-methyl/N-ethyl adjacent to an activating group) is 1. The van der Waals surface area contributed by atoms with E-state index < -0.39 is 10.0 Å². The number of nitrogen functional groups attached to an aromatic ring is 1. The zero-order valence-corrected chi connectivity index (χ0v) is 12.2. The van der Waals surface area contributed by atoms with E-state index in [1.54, 1.807) is 0 Å². The summed E-state index contributed by atoms with van der Waals surface area (Å²) in [7, 11) is 0.231. The van der Waals surface area contributed by atoms with Crippen LogP contribution in [0.1, 0.15) is 6.92 Å². The summed E-state index contributed by atoms with van der Waals surface area (Å²) in [4.78, 5) is 2.05. The predicted octanol–water partition coefficient (Wildman–Crippen LogP) is 1.15. The van der Waals surface area contributed by atoms with Gasteiger partial charge in [-0.05, 0) is 39.2 Å². The lowest BCUT2D eigenvalue weighted by atomic mass is 10.3. The minimum absolute atomic E-state index is 0.101. The molecule has 0 heterocycles. The molecule has 0 bridgehead atoms. The lowest BCUT2D eigenvalue weighted by Gasteiger charge is -2.20. The highest BCUT2D eigenvalue weighted by Gasteiger charge is 2.16. The van der Waals surface area contributed by atoms with E-state index in [4.69, 9.17) is 17.3 Å². The zero-order valence-electron chi connectivity index (χ0n) is 10.6. The third-order valence-electron chi connectivity index (χ3n) is 2.73.